The number of ether oxygens (including phenoxy) is 1. The van der Waals surface area contributed by atoms with Crippen molar-refractivity contribution in [1.82, 2.24) is 15.3 Å². The second kappa shape index (κ2) is 7.38. The Hall–Kier alpha value is -1.65. The zero-order chi connectivity index (χ0) is 15.2. The first kappa shape index (κ1) is 15.7. The molecule has 2 rings (SSSR count). The molecule has 0 bridgehead atoms. The topological polar surface area (TPSA) is 47.0 Å². The van der Waals surface area contributed by atoms with Crippen LogP contribution in [-0.2, 0) is 6.54 Å². The molecule has 0 fully saturated rings. The molecule has 1 aromatic heterocycles. The normalized spacial score (nSPS) is 10.9. The van der Waals surface area contributed by atoms with Gasteiger partial charge in [-0.15, -0.1) is 0 Å². The zero-order valence-corrected chi connectivity index (χ0v) is 13.3. The van der Waals surface area contributed by atoms with Crippen LogP contribution < -0.4 is 10.1 Å². The van der Waals surface area contributed by atoms with E-state index >= 15 is 0 Å². The first-order valence-electron chi connectivity index (χ1n) is 7.10. The Morgan fingerprint density at radius 2 is 1.95 bits per heavy atom. The fourth-order valence-corrected chi connectivity index (χ4v) is 1.91. The molecule has 0 spiro atoms. The van der Waals surface area contributed by atoms with Gasteiger partial charge in [0.25, 0.3) is 0 Å². The smallest absolute Gasteiger partial charge is 0.168 e. The summed E-state index contributed by atoms with van der Waals surface area (Å²) in [5.74, 6) is 2.50. The lowest BCUT2D eigenvalue weighted by Gasteiger charge is -2.13. The van der Waals surface area contributed by atoms with Crippen molar-refractivity contribution in [2.75, 3.05) is 6.54 Å². The van der Waals surface area contributed by atoms with Crippen molar-refractivity contribution < 1.29 is 4.74 Å². The lowest BCUT2D eigenvalue weighted by atomic mass is 10.2. The highest BCUT2D eigenvalue weighted by molar-refractivity contribution is 6.30. The van der Waals surface area contributed by atoms with E-state index in [9.17, 15) is 0 Å². The van der Waals surface area contributed by atoms with Gasteiger partial charge in [-0.25, -0.2) is 9.97 Å². The predicted molar refractivity (Wildman–Crippen MR) is 85.0 cm³/mol. The number of rotatable bonds is 6. The van der Waals surface area contributed by atoms with Crippen LogP contribution >= 0.6 is 11.6 Å². The molecule has 1 aromatic carbocycles. The highest BCUT2D eigenvalue weighted by Crippen LogP contribution is 2.26. The summed E-state index contributed by atoms with van der Waals surface area (Å²) < 4.78 is 5.87. The molecule has 21 heavy (non-hydrogen) atoms. The largest absolute Gasteiger partial charge is 0.454 e. The molecule has 0 aliphatic heterocycles. The summed E-state index contributed by atoms with van der Waals surface area (Å²) in [5.41, 5.74) is 0.866. The number of halogens is 1. The van der Waals surface area contributed by atoms with E-state index in [-0.39, 0.29) is 5.92 Å². The molecule has 0 unspecified atom stereocenters. The quantitative estimate of drug-likeness (QED) is 0.870. The Kier molecular flexibility index (Phi) is 5.53. The Labute approximate surface area is 130 Å². The number of nitrogens with zero attached hydrogens (tertiary/aromatic N) is 2. The maximum atomic E-state index is 5.88. The highest BCUT2D eigenvalue weighted by atomic mass is 35.5. The minimum absolute atomic E-state index is 0.287. The summed E-state index contributed by atoms with van der Waals surface area (Å²) >= 11 is 5.88. The van der Waals surface area contributed by atoms with E-state index in [4.69, 9.17) is 16.3 Å². The van der Waals surface area contributed by atoms with Crippen LogP contribution in [0, 0.1) is 0 Å². The van der Waals surface area contributed by atoms with E-state index in [0.717, 1.165) is 23.8 Å². The lowest BCUT2D eigenvalue weighted by molar-refractivity contribution is 0.463. The van der Waals surface area contributed by atoms with Crippen LogP contribution in [0.15, 0.2) is 30.5 Å². The Morgan fingerprint density at radius 1 is 1.24 bits per heavy atom. The first-order valence-corrected chi connectivity index (χ1v) is 7.48. The maximum absolute atomic E-state index is 5.88. The average molecular weight is 306 g/mol. The third-order valence-corrected chi connectivity index (χ3v) is 3.20. The number of aromatic nitrogens is 2. The highest BCUT2D eigenvalue weighted by Gasteiger charge is 2.11. The summed E-state index contributed by atoms with van der Waals surface area (Å²) in [7, 11) is 0. The van der Waals surface area contributed by atoms with E-state index < -0.39 is 0 Å². The molecule has 0 aliphatic carbocycles. The van der Waals surface area contributed by atoms with E-state index in [1.165, 1.54) is 0 Å². The molecule has 0 amide bonds. The molecule has 1 N–H and O–H groups in total. The van der Waals surface area contributed by atoms with Gasteiger partial charge in [0.15, 0.2) is 5.75 Å². The summed E-state index contributed by atoms with van der Waals surface area (Å²) in [6, 6.07) is 7.25. The maximum Gasteiger partial charge on any atom is 0.168 e. The summed E-state index contributed by atoms with van der Waals surface area (Å²) in [6.07, 6.45) is 1.74. The number of nitrogens with one attached hydrogen (secondary N) is 1. The van der Waals surface area contributed by atoms with Crippen molar-refractivity contribution in [2.24, 2.45) is 0 Å². The van der Waals surface area contributed by atoms with Crippen LogP contribution in [0.4, 0.5) is 0 Å². The van der Waals surface area contributed by atoms with Crippen LogP contribution in [0.2, 0.25) is 5.02 Å². The second-order valence-electron chi connectivity index (χ2n) is 5.03. The van der Waals surface area contributed by atoms with E-state index in [1.54, 1.807) is 18.3 Å². The summed E-state index contributed by atoms with van der Waals surface area (Å²) in [4.78, 5) is 8.97. The van der Waals surface area contributed by atoms with Crippen molar-refractivity contribution in [1.29, 1.82) is 0 Å². The van der Waals surface area contributed by atoms with Crippen LogP contribution in [0.3, 0.4) is 0 Å². The van der Waals surface area contributed by atoms with Gasteiger partial charge in [0, 0.05) is 17.5 Å². The Bertz CT molecular complexity index is 585. The van der Waals surface area contributed by atoms with Crippen molar-refractivity contribution in [3.8, 4) is 11.5 Å². The van der Waals surface area contributed by atoms with Crippen molar-refractivity contribution in [2.45, 2.75) is 33.2 Å². The van der Waals surface area contributed by atoms with E-state index in [1.807, 2.05) is 12.1 Å². The minimum atomic E-state index is 0.287. The molecule has 0 saturated carbocycles. The SMILES string of the molecule is CCNCc1nc(C(C)C)ncc1Oc1ccc(Cl)cc1. The van der Waals surface area contributed by atoms with Crippen molar-refractivity contribution in [3.05, 3.63) is 47.0 Å². The zero-order valence-electron chi connectivity index (χ0n) is 12.6. The molecule has 4 nitrogen and oxygen atoms in total. The second-order valence-corrected chi connectivity index (χ2v) is 5.47. The number of benzene rings is 1. The van der Waals surface area contributed by atoms with Gasteiger partial charge < -0.3 is 10.1 Å². The minimum Gasteiger partial charge on any atom is -0.454 e. The molecule has 0 radical (unpaired) electrons. The molecule has 1 heterocycles. The van der Waals surface area contributed by atoms with Crippen LogP contribution in [0.25, 0.3) is 0 Å². The molecular formula is C16H20ClN3O. The van der Waals surface area contributed by atoms with E-state index in [2.05, 4.69) is 36.1 Å². The Morgan fingerprint density at radius 3 is 2.57 bits per heavy atom. The van der Waals surface area contributed by atoms with Crippen molar-refractivity contribution in [3.63, 3.8) is 0 Å². The van der Waals surface area contributed by atoms with Gasteiger partial charge in [0.1, 0.15) is 17.3 Å². The Balaban J connectivity index is 2.25. The first-order chi connectivity index (χ1) is 10.1. The standard InChI is InChI=1S/C16H20ClN3O/c1-4-18-9-14-15(10-19-16(20-14)11(2)3)21-13-7-5-12(17)6-8-13/h5-8,10-11,18H,4,9H2,1-3H3. The molecule has 5 heteroatoms. The number of hydrogen-bond acceptors (Lipinski definition) is 4. The van der Waals surface area contributed by atoms with E-state index in [0.29, 0.717) is 17.3 Å². The van der Waals surface area contributed by atoms with Gasteiger partial charge in [0.2, 0.25) is 0 Å². The van der Waals surface area contributed by atoms with Gasteiger partial charge >= 0.3 is 0 Å². The fourth-order valence-electron chi connectivity index (χ4n) is 1.78. The third kappa shape index (κ3) is 4.41. The van der Waals surface area contributed by atoms with Crippen LogP contribution in [0.5, 0.6) is 11.5 Å². The van der Waals surface area contributed by atoms with Crippen LogP contribution in [0.1, 0.15) is 38.2 Å². The average Bonchev–Trinajstić information content (AvgIpc) is 2.48. The van der Waals surface area contributed by atoms with Crippen LogP contribution in [-0.4, -0.2) is 16.5 Å². The molecular weight excluding hydrogens is 286 g/mol. The molecule has 0 aliphatic rings. The molecule has 0 atom stereocenters. The summed E-state index contributed by atoms with van der Waals surface area (Å²) in [5, 5.41) is 3.96. The summed E-state index contributed by atoms with van der Waals surface area (Å²) in [6.45, 7) is 7.74. The van der Waals surface area contributed by atoms with Gasteiger partial charge in [-0.3, -0.25) is 0 Å². The molecule has 2 aromatic rings. The third-order valence-electron chi connectivity index (χ3n) is 2.95. The molecule has 112 valence electrons. The van der Waals surface area contributed by atoms with Crippen molar-refractivity contribution >= 4 is 11.6 Å². The predicted octanol–water partition coefficient (Wildman–Crippen LogP) is 4.16. The van der Waals surface area contributed by atoms with Gasteiger partial charge in [-0.1, -0.05) is 32.4 Å². The number of hydrogen-bond donors (Lipinski definition) is 1. The van der Waals surface area contributed by atoms with Gasteiger partial charge in [-0.2, -0.15) is 0 Å². The lowest BCUT2D eigenvalue weighted by Crippen LogP contribution is -2.15. The van der Waals surface area contributed by atoms with Gasteiger partial charge in [0.05, 0.1) is 6.20 Å². The monoisotopic (exact) mass is 305 g/mol. The fraction of sp³-hybridized carbons (Fsp3) is 0.375. The molecule has 0 saturated heterocycles. The van der Waals surface area contributed by atoms with Gasteiger partial charge in [-0.05, 0) is 30.8 Å².